The maximum atomic E-state index is 11.0. The molecule has 16 heavy (non-hydrogen) atoms. The van der Waals surface area contributed by atoms with Gasteiger partial charge in [0.15, 0.2) is 0 Å². The van der Waals surface area contributed by atoms with E-state index in [1.54, 1.807) is 6.92 Å². The van der Waals surface area contributed by atoms with Crippen LogP contribution in [0.15, 0.2) is 0 Å². The van der Waals surface area contributed by atoms with Gasteiger partial charge in [0.05, 0.1) is 6.61 Å². The van der Waals surface area contributed by atoms with Gasteiger partial charge in [-0.05, 0) is 26.7 Å². The van der Waals surface area contributed by atoms with Crippen molar-refractivity contribution in [2.75, 3.05) is 6.61 Å². The molecule has 3 heteroatoms. The predicted octanol–water partition coefficient (Wildman–Crippen LogP) is 4.30. The van der Waals surface area contributed by atoms with E-state index >= 15 is 0 Å². The fourth-order valence-corrected chi connectivity index (χ4v) is 1.59. The van der Waals surface area contributed by atoms with Crippen LogP contribution >= 0.6 is 0 Å². The Morgan fingerprint density at radius 2 is 1.69 bits per heavy atom. The van der Waals surface area contributed by atoms with Crippen molar-refractivity contribution in [3.63, 3.8) is 0 Å². The number of ether oxygens (including phenoxy) is 2. The van der Waals surface area contributed by atoms with E-state index in [1.807, 2.05) is 6.92 Å². The quantitative estimate of drug-likeness (QED) is 0.437. The first-order valence-corrected chi connectivity index (χ1v) is 6.54. The topological polar surface area (TPSA) is 35.5 Å². The second-order valence-corrected chi connectivity index (χ2v) is 4.17. The van der Waals surface area contributed by atoms with Gasteiger partial charge in [-0.3, -0.25) is 0 Å². The summed E-state index contributed by atoms with van der Waals surface area (Å²) < 4.78 is 9.77. The Hall–Kier alpha value is -0.730. The maximum Gasteiger partial charge on any atom is 0.508 e. The molecule has 0 amide bonds. The lowest BCUT2D eigenvalue weighted by molar-refractivity contribution is 0.0289. The highest BCUT2D eigenvalue weighted by atomic mass is 16.7. The molecule has 0 aliphatic carbocycles. The number of hydrogen-bond donors (Lipinski definition) is 0. The number of unbranched alkanes of at least 4 members (excludes halogenated alkanes) is 5. The summed E-state index contributed by atoms with van der Waals surface area (Å²) in [5.74, 6) is 0. The molecule has 1 atom stereocenters. The van der Waals surface area contributed by atoms with Crippen LogP contribution in [0.5, 0.6) is 0 Å². The third-order valence-corrected chi connectivity index (χ3v) is 2.52. The molecular weight excluding hydrogens is 204 g/mol. The van der Waals surface area contributed by atoms with Crippen molar-refractivity contribution in [2.24, 2.45) is 0 Å². The first-order chi connectivity index (χ1) is 7.70. The van der Waals surface area contributed by atoms with Crippen LogP contribution in [0.1, 0.15) is 65.7 Å². The van der Waals surface area contributed by atoms with E-state index in [-0.39, 0.29) is 6.10 Å². The summed E-state index contributed by atoms with van der Waals surface area (Å²) in [5.41, 5.74) is 0. The van der Waals surface area contributed by atoms with E-state index in [4.69, 9.17) is 9.47 Å². The lowest BCUT2D eigenvalue weighted by Gasteiger charge is -2.12. The summed E-state index contributed by atoms with van der Waals surface area (Å²) in [4.78, 5) is 11.0. The molecule has 0 aliphatic heterocycles. The van der Waals surface area contributed by atoms with Crippen LogP contribution in [0.2, 0.25) is 0 Å². The molecule has 0 aromatic rings. The zero-order valence-electron chi connectivity index (χ0n) is 11.0. The van der Waals surface area contributed by atoms with Crippen molar-refractivity contribution in [1.29, 1.82) is 0 Å². The van der Waals surface area contributed by atoms with E-state index in [1.165, 1.54) is 32.1 Å². The molecule has 96 valence electrons. The van der Waals surface area contributed by atoms with Gasteiger partial charge in [-0.15, -0.1) is 0 Å². The van der Waals surface area contributed by atoms with E-state index in [2.05, 4.69) is 6.92 Å². The number of hydrogen-bond acceptors (Lipinski definition) is 3. The van der Waals surface area contributed by atoms with E-state index in [0.29, 0.717) is 6.61 Å². The highest BCUT2D eigenvalue weighted by Crippen LogP contribution is 2.10. The minimum Gasteiger partial charge on any atom is -0.435 e. The van der Waals surface area contributed by atoms with Gasteiger partial charge in [0.25, 0.3) is 0 Å². The van der Waals surface area contributed by atoms with E-state index in [9.17, 15) is 4.79 Å². The molecule has 0 aromatic carbocycles. The molecule has 0 bridgehead atoms. The van der Waals surface area contributed by atoms with Crippen LogP contribution in [-0.4, -0.2) is 18.9 Å². The Morgan fingerprint density at radius 3 is 2.31 bits per heavy atom. The molecule has 0 rings (SSSR count). The van der Waals surface area contributed by atoms with Gasteiger partial charge in [0.1, 0.15) is 6.10 Å². The fraction of sp³-hybridized carbons (Fsp3) is 0.923. The monoisotopic (exact) mass is 230 g/mol. The lowest BCUT2D eigenvalue weighted by atomic mass is 10.1. The second-order valence-electron chi connectivity index (χ2n) is 4.17. The summed E-state index contributed by atoms with van der Waals surface area (Å²) in [5, 5.41) is 0. The van der Waals surface area contributed by atoms with Gasteiger partial charge in [-0.25, -0.2) is 4.79 Å². The normalized spacial score (nSPS) is 12.2. The number of rotatable bonds is 9. The van der Waals surface area contributed by atoms with Crippen LogP contribution in [0, 0.1) is 0 Å². The molecule has 1 unspecified atom stereocenters. The highest BCUT2D eigenvalue weighted by molar-refractivity contribution is 5.59. The summed E-state index contributed by atoms with van der Waals surface area (Å²) in [7, 11) is 0. The molecular formula is C13H26O3. The summed E-state index contributed by atoms with van der Waals surface area (Å²) in [6.07, 6.45) is 7.96. The van der Waals surface area contributed by atoms with Crippen molar-refractivity contribution in [3.05, 3.63) is 0 Å². The SMILES string of the molecule is CCCCCCCCC(C)OC(=O)OCC. The molecule has 0 aromatic heterocycles. The predicted molar refractivity (Wildman–Crippen MR) is 65.6 cm³/mol. The van der Waals surface area contributed by atoms with Gasteiger partial charge in [0.2, 0.25) is 0 Å². The summed E-state index contributed by atoms with van der Waals surface area (Å²) in [6.45, 7) is 6.29. The van der Waals surface area contributed by atoms with Crippen molar-refractivity contribution in [2.45, 2.75) is 71.8 Å². The van der Waals surface area contributed by atoms with Crippen LogP contribution in [-0.2, 0) is 9.47 Å². The average Bonchev–Trinajstić information content (AvgIpc) is 2.23. The van der Waals surface area contributed by atoms with Crippen LogP contribution in [0.4, 0.5) is 4.79 Å². The zero-order chi connectivity index (χ0) is 12.2. The van der Waals surface area contributed by atoms with Crippen LogP contribution < -0.4 is 0 Å². The van der Waals surface area contributed by atoms with Crippen molar-refractivity contribution < 1.29 is 14.3 Å². The van der Waals surface area contributed by atoms with Crippen LogP contribution in [0.25, 0.3) is 0 Å². The van der Waals surface area contributed by atoms with Crippen molar-refractivity contribution in [3.8, 4) is 0 Å². The Balaban J connectivity index is 3.29. The standard InChI is InChI=1S/C13H26O3/c1-4-6-7-8-9-10-11-12(3)16-13(14)15-5-2/h12H,4-11H2,1-3H3. The minimum atomic E-state index is -0.541. The Kier molecular flexibility index (Phi) is 10.3. The van der Waals surface area contributed by atoms with Crippen LogP contribution in [0.3, 0.4) is 0 Å². The van der Waals surface area contributed by atoms with E-state index in [0.717, 1.165) is 12.8 Å². The van der Waals surface area contributed by atoms with Gasteiger partial charge in [0, 0.05) is 0 Å². The van der Waals surface area contributed by atoms with Crippen molar-refractivity contribution in [1.82, 2.24) is 0 Å². The molecule has 0 N–H and O–H groups in total. The third-order valence-electron chi connectivity index (χ3n) is 2.52. The molecule has 3 nitrogen and oxygen atoms in total. The van der Waals surface area contributed by atoms with Gasteiger partial charge in [-0.1, -0.05) is 39.0 Å². The Labute approximate surface area is 99.5 Å². The minimum absolute atomic E-state index is 0.0229. The zero-order valence-corrected chi connectivity index (χ0v) is 11.0. The Morgan fingerprint density at radius 1 is 1.06 bits per heavy atom. The average molecular weight is 230 g/mol. The highest BCUT2D eigenvalue weighted by Gasteiger charge is 2.09. The lowest BCUT2D eigenvalue weighted by Crippen LogP contribution is -2.15. The molecule has 0 fully saturated rings. The largest absolute Gasteiger partial charge is 0.508 e. The number of carbonyl (C=O) groups is 1. The van der Waals surface area contributed by atoms with E-state index < -0.39 is 6.16 Å². The third kappa shape index (κ3) is 9.81. The van der Waals surface area contributed by atoms with Gasteiger partial charge < -0.3 is 9.47 Å². The maximum absolute atomic E-state index is 11.0. The summed E-state index contributed by atoms with van der Waals surface area (Å²) in [6, 6.07) is 0. The summed E-state index contributed by atoms with van der Waals surface area (Å²) >= 11 is 0. The smallest absolute Gasteiger partial charge is 0.435 e. The molecule has 0 saturated heterocycles. The first kappa shape index (κ1) is 15.3. The fourth-order valence-electron chi connectivity index (χ4n) is 1.59. The molecule has 0 spiro atoms. The first-order valence-electron chi connectivity index (χ1n) is 6.54. The molecule has 0 saturated carbocycles. The second kappa shape index (κ2) is 10.8. The number of carbonyl (C=O) groups excluding carboxylic acids is 1. The van der Waals surface area contributed by atoms with Gasteiger partial charge in [-0.2, -0.15) is 0 Å². The Bertz CT molecular complexity index is 169. The molecule has 0 aliphatic rings. The molecule has 0 heterocycles. The van der Waals surface area contributed by atoms with Crippen molar-refractivity contribution >= 4 is 6.16 Å². The molecule has 0 radical (unpaired) electrons. The van der Waals surface area contributed by atoms with Gasteiger partial charge >= 0.3 is 6.16 Å².